The summed E-state index contributed by atoms with van der Waals surface area (Å²) in [5.41, 5.74) is -4.54. The molecule has 0 aliphatic carbocycles. The number of halogens is 3. The van der Waals surface area contributed by atoms with E-state index in [9.17, 15) is 27.6 Å². The normalized spacial score (nSPS) is 15.3. The van der Waals surface area contributed by atoms with Gasteiger partial charge in [-0.1, -0.05) is 19.4 Å². The van der Waals surface area contributed by atoms with Gasteiger partial charge in [0.1, 0.15) is 5.60 Å². The number of ether oxygens (including phenoxy) is 3. The Morgan fingerprint density at radius 1 is 1.00 bits per heavy atom. The molecule has 0 aromatic heterocycles. The van der Waals surface area contributed by atoms with Crippen LogP contribution in [0.5, 0.6) is 0 Å². The Morgan fingerprint density at radius 3 is 1.97 bits per heavy atom. The molecule has 29 heavy (non-hydrogen) atoms. The van der Waals surface area contributed by atoms with Gasteiger partial charge in [-0.2, -0.15) is 13.2 Å². The second kappa shape index (κ2) is 11.1. The average Bonchev–Trinajstić information content (AvgIpc) is 2.54. The lowest BCUT2D eigenvalue weighted by Gasteiger charge is -2.39. The summed E-state index contributed by atoms with van der Waals surface area (Å²) in [6.07, 6.45) is -4.92. The van der Waals surface area contributed by atoms with Crippen LogP contribution < -0.4 is 5.32 Å². The van der Waals surface area contributed by atoms with Crippen molar-refractivity contribution in [3.63, 3.8) is 0 Å². The van der Waals surface area contributed by atoms with Crippen molar-refractivity contribution in [2.45, 2.75) is 71.7 Å². The second-order valence-electron chi connectivity index (χ2n) is 7.16. The predicted molar refractivity (Wildman–Crippen MR) is 99.0 cm³/mol. The molecule has 10 heteroatoms. The second-order valence-corrected chi connectivity index (χ2v) is 7.16. The van der Waals surface area contributed by atoms with Crippen LogP contribution in [0.1, 0.15) is 54.4 Å². The molecule has 2 unspecified atom stereocenters. The van der Waals surface area contributed by atoms with Crippen LogP contribution in [0.3, 0.4) is 0 Å². The predicted octanol–water partition coefficient (Wildman–Crippen LogP) is 3.91. The topological polar surface area (TPSA) is 90.9 Å². The van der Waals surface area contributed by atoms with E-state index in [1.54, 1.807) is 12.2 Å². The number of carbonyl (C=O) groups is 3. The van der Waals surface area contributed by atoms with E-state index in [1.807, 2.05) is 0 Å². The fourth-order valence-corrected chi connectivity index (χ4v) is 2.55. The van der Waals surface area contributed by atoms with Crippen molar-refractivity contribution < 1.29 is 41.8 Å². The number of alkyl carbamates (subject to hydrolysis) is 1. The maximum absolute atomic E-state index is 14.3. The summed E-state index contributed by atoms with van der Waals surface area (Å²) in [6, 6.07) is 0. The maximum Gasteiger partial charge on any atom is 0.423 e. The molecule has 0 heterocycles. The summed E-state index contributed by atoms with van der Waals surface area (Å²) >= 11 is 0. The maximum atomic E-state index is 14.3. The first-order valence-electron chi connectivity index (χ1n) is 9.35. The Kier molecular flexibility index (Phi) is 10.2. The molecule has 0 aliphatic heterocycles. The van der Waals surface area contributed by atoms with E-state index in [0.29, 0.717) is 0 Å². The van der Waals surface area contributed by atoms with Crippen LogP contribution in [0.2, 0.25) is 0 Å². The van der Waals surface area contributed by atoms with Crippen LogP contribution in [0, 0.1) is 5.92 Å². The van der Waals surface area contributed by atoms with Crippen molar-refractivity contribution in [2.24, 2.45) is 5.92 Å². The van der Waals surface area contributed by atoms with Crippen LogP contribution in [0.15, 0.2) is 12.2 Å². The zero-order valence-electron chi connectivity index (χ0n) is 17.6. The fourth-order valence-electron chi connectivity index (χ4n) is 2.55. The van der Waals surface area contributed by atoms with E-state index in [0.717, 1.165) is 12.2 Å². The van der Waals surface area contributed by atoms with Gasteiger partial charge in [0.2, 0.25) is 5.54 Å². The zero-order valence-corrected chi connectivity index (χ0v) is 17.6. The Morgan fingerprint density at radius 2 is 1.55 bits per heavy atom. The van der Waals surface area contributed by atoms with Crippen molar-refractivity contribution in [2.75, 3.05) is 13.2 Å². The molecule has 0 bridgehead atoms. The monoisotopic (exact) mass is 425 g/mol. The molecular formula is C19H30F3NO6. The summed E-state index contributed by atoms with van der Waals surface area (Å²) < 4.78 is 57.1. The quantitative estimate of drug-likeness (QED) is 0.342. The fraction of sp³-hybridized carbons (Fsp3) is 0.737. The number of amides is 1. The van der Waals surface area contributed by atoms with Crippen LogP contribution in [-0.2, 0) is 23.8 Å². The molecule has 7 nitrogen and oxygen atoms in total. The summed E-state index contributed by atoms with van der Waals surface area (Å²) in [5, 5.41) is 1.69. The molecule has 1 N–H and O–H groups in total. The number of hydrogen-bond acceptors (Lipinski definition) is 6. The highest BCUT2D eigenvalue weighted by molar-refractivity contribution is 5.88. The molecule has 2 atom stereocenters. The third kappa shape index (κ3) is 7.94. The number of carbonyl (C=O) groups excluding carboxylic acids is 3. The van der Waals surface area contributed by atoms with Crippen LogP contribution in [0.25, 0.3) is 0 Å². The SMILES string of the molecule is CCCC(/C=C/C(=O)OCC)C(NC(=O)OC(C)(C)C)(C(=O)OCC)C(F)(F)F. The minimum absolute atomic E-state index is 0.0278. The number of esters is 2. The molecule has 0 aromatic rings. The molecule has 0 aliphatic rings. The molecule has 1 amide bonds. The van der Waals surface area contributed by atoms with E-state index in [1.165, 1.54) is 34.6 Å². The van der Waals surface area contributed by atoms with E-state index < -0.39 is 41.3 Å². The van der Waals surface area contributed by atoms with Crippen molar-refractivity contribution in [1.82, 2.24) is 5.32 Å². The summed E-state index contributed by atoms with van der Waals surface area (Å²) in [6.45, 7) is 8.58. The highest BCUT2D eigenvalue weighted by Gasteiger charge is 2.66. The Bertz CT molecular complexity index is 598. The van der Waals surface area contributed by atoms with Crippen LogP contribution >= 0.6 is 0 Å². The van der Waals surface area contributed by atoms with Gasteiger partial charge in [0, 0.05) is 12.0 Å². The van der Waals surface area contributed by atoms with Gasteiger partial charge in [-0.05, 0) is 41.0 Å². The molecule has 0 radical (unpaired) electrons. The molecule has 168 valence electrons. The van der Waals surface area contributed by atoms with E-state index in [4.69, 9.17) is 4.74 Å². The largest absolute Gasteiger partial charge is 0.464 e. The lowest BCUT2D eigenvalue weighted by Crippen LogP contribution is -2.68. The summed E-state index contributed by atoms with van der Waals surface area (Å²) in [7, 11) is 0. The van der Waals surface area contributed by atoms with Gasteiger partial charge in [-0.25, -0.2) is 14.4 Å². The molecule has 0 saturated heterocycles. The highest BCUT2D eigenvalue weighted by Crippen LogP contribution is 2.41. The van der Waals surface area contributed by atoms with E-state index >= 15 is 0 Å². The Hall–Kier alpha value is -2.26. The van der Waals surface area contributed by atoms with Crippen molar-refractivity contribution >= 4 is 18.0 Å². The molecule has 0 saturated carbocycles. The number of hydrogen-bond donors (Lipinski definition) is 1. The molecule has 0 fully saturated rings. The van der Waals surface area contributed by atoms with Crippen LogP contribution in [0.4, 0.5) is 18.0 Å². The van der Waals surface area contributed by atoms with Gasteiger partial charge in [0.15, 0.2) is 0 Å². The van der Waals surface area contributed by atoms with Crippen LogP contribution in [-0.4, -0.2) is 48.6 Å². The molecule has 0 aromatic carbocycles. The van der Waals surface area contributed by atoms with Gasteiger partial charge in [-0.15, -0.1) is 0 Å². The first-order valence-corrected chi connectivity index (χ1v) is 9.35. The van der Waals surface area contributed by atoms with Crippen molar-refractivity contribution in [1.29, 1.82) is 0 Å². The van der Waals surface area contributed by atoms with Gasteiger partial charge in [-0.3, -0.25) is 5.32 Å². The smallest absolute Gasteiger partial charge is 0.423 e. The third-order valence-corrected chi connectivity index (χ3v) is 3.65. The Balaban J connectivity index is 6.39. The highest BCUT2D eigenvalue weighted by atomic mass is 19.4. The first kappa shape index (κ1) is 26.7. The number of rotatable bonds is 9. The minimum Gasteiger partial charge on any atom is -0.464 e. The van der Waals surface area contributed by atoms with Gasteiger partial charge in [0.05, 0.1) is 13.2 Å². The Labute approximate surface area is 168 Å². The zero-order chi connectivity index (χ0) is 22.9. The van der Waals surface area contributed by atoms with Crippen molar-refractivity contribution in [3.05, 3.63) is 12.2 Å². The van der Waals surface area contributed by atoms with Gasteiger partial charge in [0.25, 0.3) is 0 Å². The van der Waals surface area contributed by atoms with Gasteiger partial charge < -0.3 is 14.2 Å². The third-order valence-electron chi connectivity index (χ3n) is 3.65. The van der Waals surface area contributed by atoms with Gasteiger partial charge >= 0.3 is 24.2 Å². The summed E-state index contributed by atoms with van der Waals surface area (Å²) in [4.78, 5) is 36.4. The number of nitrogens with one attached hydrogen (secondary N) is 1. The standard InChI is InChI=1S/C19H30F3NO6/c1-7-10-13(11-12-14(24)27-8-2)18(19(20,21)22,15(25)28-9-3)23-16(26)29-17(4,5)6/h11-13H,7-10H2,1-6H3,(H,23,26)/b12-11+. The molecule has 0 rings (SSSR count). The van der Waals surface area contributed by atoms with E-state index in [2.05, 4.69) is 9.47 Å². The summed E-state index contributed by atoms with van der Waals surface area (Å²) in [5.74, 6) is -4.19. The first-order chi connectivity index (χ1) is 13.2. The average molecular weight is 425 g/mol. The lowest BCUT2D eigenvalue weighted by atomic mass is 9.79. The molecular weight excluding hydrogens is 395 g/mol. The molecule has 0 spiro atoms. The number of alkyl halides is 3. The van der Waals surface area contributed by atoms with Crippen molar-refractivity contribution in [3.8, 4) is 0 Å². The minimum atomic E-state index is -5.24. The lowest BCUT2D eigenvalue weighted by molar-refractivity contribution is -0.221. The van der Waals surface area contributed by atoms with E-state index in [-0.39, 0.29) is 26.1 Å².